The van der Waals surface area contributed by atoms with Crippen molar-refractivity contribution in [2.24, 2.45) is 0 Å². The van der Waals surface area contributed by atoms with E-state index in [1.54, 1.807) is 4.90 Å². The van der Waals surface area contributed by atoms with Crippen LogP contribution in [0.25, 0.3) is 5.00 Å². The Balaban J connectivity index is 1.55. The van der Waals surface area contributed by atoms with Gasteiger partial charge in [0.05, 0.1) is 18.3 Å². The number of hydrogen-bond donors (Lipinski definition) is 1. The number of carbonyl (C=O) groups excluding carboxylic acids is 1. The van der Waals surface area contributed by atoms with Crippen LogP contribution in [0.5, 0.6) is 0 Å². The van der Waals surface area contributed by atoms with Gasteiger partial charge < -0.3 is 14.8 Å². The highest BCUT2D eigenvalue weighted by atomic mass is 32.1. The molecule has 3 heterocycles. The zero-order valence-electron chi connectivity index (χ0n) is 16.0. The SMILES string of the molecule is C[C@H]1c2cccn2-c2sc3c(c2CN1C(=O)Nc1cc(F)ccc1F)CCCC3. The van der Waals surface area contributed by atoms with E-state index in [0.717, 1.165) is 43.2 Å². The number of aryl methyl sites for hydroxylation is 1. The zero-order valence-corrected chi connectivity index (χ0v) is 16.9. The number of nitrogens with one attached hydrogen (secondary N) is 1. The summed E-state index contributed by atoms with van der Waals surface area (Å²) in [5.74, 6) is -1.24. The van der Waals surface area contributed by atoms with Crippen LogP contribution < -0.4 is 5.32 Å². The van der Waals surface area contributed by atoms with Crippen LogP contribution in [0.15, 0.2) is 36.5 Å². The highest BCUT2D eigenvalue weighted by Crippen LogP contribution is 2.42. The highest BCUT2D eigenvalue weighted by molar-refractivity contribution is 7.15. The Morgan fingerprint density at radius 3 is 2.86 bits per heavy atom. The monoisotopic (exact) mass is 413 g/mol. The summed E-state index contributed by atoms with van der Waals surface area (Å²) in [6, 6.07) is 6.43. The van der Waals surface area contributed by atoms with Gasteiger partial charge in [-0.15, -0.1) is 11.3 Å². The van der Waals surface area contributed by atoms with Crippen LogP contribution in [0.2, 0.25) is 0 Å². The molecule has 5 rings (SSSR count). The van der Waals surface area contributed by atoms with Crippen LogP contribution in [0.3, 0.4) is 0 Å². The van der Waals surface area contributed by atoms with Crippen LogP contribution >= 0.6 is 11.3 Å². The van der Waals surface area contributed by atoms with Crippen molar-refractivity contribution in [2.75, 3.05) is 5.32 Å². The fourth-order valence-electron chi connectivity index (χ4n) is 4.39. The molecule has 4 nitrogen and oxygen atoms in total. The first-order chi connectivity index (χ1) is 14.0. The Morgan fingerprint density at radius 1 is 1.17 bits per heavy atom. The Kier molecular flexibility index (Phi) is 4.42. The number of anilines is 1. The molecule has 1 aliphatic carbocycles. The lowest BCUT2D eigenvalue weighted by Gasteiger charge is -2.28. The summed E-state index contributed by atoms with van der Waals surface area (Å²) in [6.07, 6.45) is 6.51. The van der Waals surface area contributed by atoms with Crippen LogP contribution in [-0.4, -0.2) is 15.5 Å². The molecule has 2 amide bonds. The van der Waals surface area contributed by atoms with Crippen LogP contribution in [0.1, 0.15) is 47.5 Å². The first-order valence-electron chi connectivity index (χ1n) is 9.86. The Bertz CT molecular complexity index is 1100. The maximum atomic E-state index is 14.1. The number of aromatic nitrogens is 1. The number of rotatable bonds is 1. The predicted molar refractivity (Wildman–Crippen MR) is 110 cm³/mol. The molecule has 0 radical (unpaired) electrons. The first kappa shape index (κ1) is 18.4. The largest absolute Gasteiger partial charge is 0.322 e. The van der Waals surface area contributed by atoms with Gasteiger partial charge in [-0.2, -0.15) is 0 Å². The molecular weight excluding hydrogens is 392 g/mol. The van der Waals surface area contributed by atoms with Gasteiger partial charge in [0.25, 0.3) is 0 Å². The van der Waals surface area contributed by atoms with E-state index < -0.39 is 17.7 Å². The molecule has 0 unspecified atom stereocenters. The molecule has 7 heteroatoms. The molecule has 29 heavy (non-hydrogen) atoms. The fourth-order valence-corrected chi connectivity index (χ4v) is 5.79. The Hall–Kier alpha value is -2.67. The van der Waals surface area contributed by atoms with E-state index >= 15 is 0 Å². The minimum Gasteiger partial charge on any atom is -0.312 e. The smallest absolute Gasteiger partial charge is 0.312 e. The molecule has 1 N–H and O–H groups in total. The maximum absolute atomic E-state index is 14.1. The lowest BCUT2D eigenvalue weighted by atomic mass is 9.95. The normalized spacial score (nSPS) is 17.9. The number of carbonyl (C=O) groups is 1. The third-order valence-electron chi connectivity index (χ3n) is 5.91. The predicted octanol–water partition coefficient (Wildman–Crippen LogP) is 5.80. The number of amides is 2. The average molecular weight is 413 g/mol. The van der Waals surface area contributed by atoms with E-state index in [-0.39, 0.29) is 11.7 Å². The van der Waals surface area contributed by atoms with Crippen LogP contribution in [-0.2, 0) is 19.4 Å². The van der Waals surface area contributed by atoms with Crippen molar-refractivity contribution in [2.45, 2.75) is 45.2 Å². The van der Waals surface area contributed by atoms with Gasteiger partial charge in [-0.25, -0.2) is 13.6 Å². The number of fused-ring (bicyclic) bond motifs is 5. The third kappa shape index (κ3) is 3.04. The Morgan fingerprint density at radius 2 is 2.00 bits per heavy atom. The van der Waals surface area contributed by atoms with Crippen molar-refractivity contribution in [3.63, 3.8) is 0 Å². The molecule has 2 aromatic heterocycles. The van der Waals surface area contributed by atoms with Gasteiger partial charge in [0.1, 0.15) is 16.6 Å². The van der Waals surface area contributed by atoms with E-state index in [2.05, 4.69) is 9.88 Å². The molecule has 1 aliphatic heterocycles. The van der Waals surface area contributed by atoms with Crippen molar-refractivity contribution in [3.8, 4) is 5.00 Å². The minimum absolute atomic E-state index is 0.144. The molecule has 0 saturated carbocycles. The summed E-state index contributed by atoms with van der Waals surface area (Å²) >= 11 is 1.82. The summed E-state index contributed by atoms with van der Waals surface area (Å²) in [4.78, 5) is 16.3. The molecule has 150 valence electrons. The fraction of sp³-hybridized carbons (Fsp3) is 0.318. The highest BCUT2D eigenvalue weighted by Gasteiger charge is 2.33. The van der Waals surface area contributed by atoms with Gasteiger partial charge in [-0.3, -0.25) is 0 Å². The van der Waals surface area contributed by atoms with Crippen molar-refractivity contribution in [3.05, 3.63) is 69.9 Å². The first-order valence-corrected chi connectivity index (χ1v) is 10.7. The zero-order chi connectivity index (χ0) is 20.1. The van der Waals surface area contributed by atoms with Gasteiger partial charge >= 0.3 is 6.03 Å². The molecule has 0 bridgehead atoms. The maximum Gasteiger partial charge on any atom is 0.322 e. The van der Waals surface area contributed by atoms with E-state index in [4.69, 9.17) is 0 Å². The number of halogens is 2. The average Bonchev–Trinajstić information content (AvgIpc) is 3.30. The summed E-state index contributed by atoms with van der Waals surface area (Å²) in [7, 11) is 0. The van der Waals surface area contributed by atoms with Gasteiger partial charge in [-0.1, -0.05) is 0 Å². The topological polar surface area (TPSA) is 37.3 Å². The van der Waals surface area contributed by atoms with Crippen LogP contribution in [0.4, 0.5) is 19.3 Å². The quantitative estimate of drug-likeness (QED) is 0.537. The van der Waals surface area contributed by atoms with Crippen molar-refractivity contribution < 1.29 is 13.6 Å². The summed E-state index contributed by atoms with van der Waals surface area (Å²) < 4.78 is 29.8. The van der Waals surface area contributed by atoms with E-state index in [9.17, 15) is 13.6 Å². The van der Waals surface area contributed by atoms with Crippen molar-refractivity contribution in [1.29, 1.82) is 0 Å². The summed E-state index contributed by atoms with van der Waals surface area (Å²) in [5, 5.41) is 3.75. The second-order valence-corrected chi connectivity index (χ2v) is 8.74. The molecule has 2 aliphatic rings. The van der Waals surface area contributed by atoms with Crippen molar-refractivity contribution >= 4 is 23.1 Å². The molecule has 0 saturated heterocycles. The van der Waals surface area contributed by atoms with E-state index in [1.807, 2.05) is 36.6 Å². The van der Waals surface area contributed by atoms with Gasteiger partial charge in [0.15, 0.2) is 0 Å². The number of benzene rings is 1. The molecular formula is C22H21F2N3OS. The summed E-state index contributed by atoms with van der Waals surface area (Å²) in [6.45, 7) is 2.42. The molecule has 1 aromatic carbocycles. The van der Waals surface area contributed by atoms with E-state index in [1.165, 1.54) is 27.4 Å². The minimum atomic E-state index is -0.654. The lowest BCUT2D eigenvalue weighted by molar-refractivity contribution is 0.189. The van der Waals surface area contributed by atoms with Gasteiger partial charge in [-0.05, 0) is 62.4 Å². The molecule has 1 atom stereocenters. The summed E-state index contributed by atoms with van der Waals surface area (Å²) in [5.41, 5.74) is 3.41. The third-order valence-corrected chi connectivity index (χ3v) is 7.25. The number of thiophene rings is 1. The van der Waals surface area contributed by atoms with E-state index in [0.29, 0.717) is 6.54 Å². The lowest BCUT2D eigenvalue weighted by Crippen LogP contribution is -2.36. The molecule has 0 fully saturated rings. The standard InChI is InChI=1S/C22H21F2N3OS/c1-13-19-6-4-10-26(19)21-16(15-5-2-3-7-20(15)29-21)12-27(13)22(28)25-18-11-14(23)8-9-17(18)24/h4,6,8-11,13H,2-3,5,7,12H2,1H3,(H,25,28)/t13-/m0/s1. The van der Waals surface area contributed by atoms with Gasteiger partial charge in [0.2, 0.25) is 0 Å². The van der Waals surface area contributed by atoms with Crippen LogP contribution in [0, 0.1) is 11.6 Å². The second-order valence-electron chi connectivity index (χ2n) is 7.66. The molecule has 0 spiro atoms. The van der Waals surface area contributed by atoms with Gasteiger partial charge in [0, 0.05) is 28.4 Å². The van der Waals surface area contributed by atoms with Crippen molar-refractivity contribution in [1.82, 2.24) is 9.47 Å². The number of nitrogens with zero attached hydrogens (tertiary/aromatic N) is 2. The number of urea groups is 1. The Labute approximate surface area is 171 Å². The number of hydrogen-bond acceptors (Lipinski definition) is 2. The second kappa shape index (κ2) is 6.99. The molecule has 3 aromatic rings.